The Hall–Kier alpha value is -2.10. The largest absolute Gasteiger partial charge is 0.481 e. The second kappa shape index (κ2) is 5.04. The van der Waals surface area contributed by atoms with Crippen LogP contribution in [0.2, 0.25) is 0 Å². The lowest BCUT2D eigenvalue weighted by atomic mass is 10.1. The first-order chi connectivity index (χ1) is 8.56. The Morgan fingerprint density at radius 2 is 1.89 bits per heavy atom. The molecule has 0 aliphatic heterocycles. The number of benzene rings is 1. The van der Waals surface area contributed by atoms with E-state index in [1.54, 1.807) is 24.3 Å². The Morgan fingerprint density at radius 3 is 2.44 bits per heavy atom. The molecule has 0 saturated heterocycles. The second-order valence-corrected chi connectivity index (χ2v) is 4.51. The molecule has 4 heteroatoms. The number of aliphatic carboxylic acids is 1. The fraction of sp³-hybridized carbons (Fsp3) is 0.286. The van der Waals surface area contributed by atoms with E-state index >= 15 is 0 Å². The zero-order valence-corrected chi connectivity index (χ0v) is 10.1. The Kier molecular flexibility index (Phi) is 3.46. The Bertz CT molecular complexity index is 490. The summed E-state index contributed by atoms with van der Waals surface area (Å²) in [6, 6.07) is 7.08. The van der Waals surface area contributed by atoms with Crippen molar-refractivity contribution in [2.24, 2.45) is 5.92 Å². The summed E-state index contributed by atoms with van der Waals surface area (Å²) in [5.41, 5.74) is 1.69. The van der Waals surface area contributed by atoms with Gasteiger partial charge in [0.1, 0.15) is 0 Å². The highest BCUT2D eigenvalue weighted by Crippen LogP contribution is 2.18. The van der Waals surface area contributed by atoms with Gasteiger partial charge >= 0.3 is 5.97 Å². The van der Waals surface area contributed by atoms with Gasteiger partial charge in [-0.1, -0.05) is 29.8 Å². The minimum Gasteiger partial charge on any atom is -0.481 e. The Labute approximate surface area is 105 Å². The van der Waals surface area contributed by atoms with E-state index in [9.17, 15) is 9.59 Å². The van der Waals surface area contributed by atoms with Crippen molar-refractivity contribution in [2.45, 2.75) is 19.4 Å². The SMILES string of the molecule is Cc1ccc(C(=O)NC2C=CC(C(=O)O)C2)cc1. The normalized spacial score (nSPS) is 21.8. The van der Waals surface area contributed by atoms with Crippen LogP contribution in [0.1, 0.15) is 22.3 Å². The Morgan fingerprint density at radius 1 is 1.22 bits per heavy atom. The molecule has 1 aliphatic carbocycles. The van der Waals surface area contributed by atoms with Gasteiger partial charge in [0, 0.05) is 11.6 Å². The molecule has 4 nitrogen and oxygen atoms in total. The third-order valence-electron chi connectivity index (χ3n) is 3.03. The van der Waals surface area contributed by atoms with E-state index in [2.05, 4.69) is 5.32 Å². The summed E-state index contributed by atoms with van der Waals surface area (Å²) in [5.74, 6) is -1.51. The van der Waals surface area contributed by atoms with Gasteiger partial charge in [0.05, 0.1) is 5.92 Å². The van der Waals surface area contributed by atoms with Crippen LogP contribution in [-0.4, -0.2) is 23.0 Å². The molecular formula is C14H15NO3. The molecule has 0 fully saturated rings. The van der Waals surface area contributed by atoms with Gasteiger partial charge in [0.15, 0.2) is 0 Å². The first kappa shape index (κ1) is 12.4. The molecule has 0 bridgehead atoms. The van der Waals surface area contributed by atoms with Crippen LogP contribution >= 0.6 is 0 Å². The summed E-state index contributed by atoms with van der Waals surface area (Å²) < 4.78 is 0. The molecule has 2 atom stereocenters. The van der Waals surface area contributed by atoms with Crippen LogP contribution in [0.25, 0.3) is 0 Å². The summed E-state index contributed by atoms with van der Waals surface area (Å²) in [5, 5.41) is 11.7. The van der Waals surface area contributed by atoms with E-state index in [0.717, 1.165) is 5.56 Å². The van der Waals surface area contributed by atoms with Crippen LogP contribution in [0.4, 0.5) is 0 Å². The highest BCUT2D eigenvalue weighted by atomic mass is 16.4. The van der Waals surface area contributed by atoms with Gasteiger partial charge in [-0.15, -0.1) is 0 Å². The number of carbonyl (C=O) groups excluding carboxylic acids is 1. The van der Waals surface area contributed by atoms with Gasteiger partial charge in [0.25, 0.3) is 5.91 Å². The van der Waals surface area contributed by atoms with Crippen molar-refractivity contribution in [3.63, 3.8) is 0 Å². The molecule has 2 unspecified atom stereocenters. The number of rotatable bonds is 3. The average Bonchev–Trinajstić information content (AvgIpc) is 2.78. The highest BCUT2D eigenvalue weighted by molar-refractivity contribution is 5.94. The summed E-state index contributed by atoms with van der Waals surface area (Å²) in [4.78, 5) is 22.7. The summed E-state index contributed by atoms with van der Waals surface area (Å²) in [6.45, 7) is 1.96. The van der Waals surface area contributed by atoms with Crippen LogP contribution in [0.15, 0.2) is 36.4 Å². The highest BCUT2D eigenvalue weighted by Gasteiger charge is 2.25. The van der Waals surface area contributed by atoms with Gasteiger partial charge in [-0.05, 0) is 25.5 Å². The monoisotopic (exact) mass is 245 g/mol. The Balaban J connectivity index is 1.95. The number of nitrogens with one attached hydrogen (secondary N) is 1. The topological polar surface area (TPSA) is 66.4 Å². The average molecular weight is 245 g/mol. The lowest BCUT2D eigenvalue weighted by molar-refractivity contribution is -0.140. The van der Waals surface area contributed by atoms with E-state index in [-0.39, 0.29) is 11.9 Å². The van der Waals surface area contributed by atoms with Crippen LogP contribution in [0, 0.1) is 12.8 Å². The maximum absolute atomic E-state index is 11.9. The van der Waals surface area contributed by atoms with Crippen molar-refractivity contribution < 1.29 is 14.7 Å². The van der Waals surface area contributed by atoms with E-state index in [1.807, 2.05) is 19.1 Å². The molecule has 1 aliphatic rings. The number of carbonyl (C=O) groups is 2. The smallest absolute Gasteiger partial charge is 0.310 e. The molecule has 2 N–H and O–H groups in total. The standard InChI is InChI=1S/C14H15NO3/c1-9-2-4-10(5-3-9)13(16)15-12-7-6-11(8-12)14(17)18/h2-7,11-12H,8H2,1H3,(H,15,16)(H,17,18). The van der Waals surface area contributed by atoms with Gasteiger partial charge in [-0.2, -0.15) is 0 Å². The molecule has 18 heavy (non-hydrogen) atoms. The van der Waals surface area contributed by atoms with E-state index in [1.165, 1.54) is 0 Å². The molecule has 0 radical (unpaired) electrons. The van der Waals surface area contributed by atoms with Crippen molar-refractivity contribution in [3.05, 3.63) is 47.5 Å². The van der Waals surface area contributed by atoms with Crippen molar-refractivity contribution >= 4 is 11.9 Å². The van der Waals surface area contributed by atoms with Crippen molar-refractivity contribution in [3.8, 4) is 0 Å². The predicted molar refractivity (Wildman–Crippen MR) is 67.3 cm³/mol. The lowest BCUT2D eigenvalue weighted by Crippen LogP contribution is -2.33. The van der Waals surface area contributed by atoms with Crippen molar-refractivity contribution in [1.29, 1.82) is 0 Å². The van der Waals surface area contributed by atoms with Gasteiger partial charge in [-0.25, -0.2) is 0 Å². The van der Waals surface area contributed by atoms with Crippen molar-refractivity contribution in [1.82, 2.24) is 5.32 Å². The summed E-state index contributed by atoms with van der Waals surface area (Å²) in [7, 11) is 0. The molecule has 1 aromatic rings. The quantitative estimate of drug-likeness (QED) is 0.797. The van der Waals surface area contributed by atoms with Crippen LogP contribution in [0.3, 0.4) is 0 Å². The molecule has 1 aromatic carbocycles. The van der Waals surface area contributed by atoms with E-state index in [4.69, 9.17) is 5.11 Å². The minimum absolute atomic E-state index is 0.171. The molecule has 0 spiro atoms. The van der Waals surface area contributed by atoms with Gasteiger partial charge in [0.2, 0.25) is 0 Å². The molecule has 2 rings (SSSR count). The number of carboxylic acid groups (broad SMARTS) is 1. The fourth-order valence-electron chi connectivity index (χ4n) is 1.95. The van der Waals surface area contributed by atoms with Crippen LogP contribution in [-0.2, 0) is 4.79 Å². The maximum Gasteiger partial charge on any atom is 0.310 e. The van der Waals surface area contributed by atoms with Crippen LogP contribution < -0.4 is 5.32 Å². The summed E-state index contributed by atoms with van der Waals surface area (Å²) >= 11 is 0. The van der Waals surface area contributed by atoms with E-state index in [0.29, 0.717) is 12.0 Å². The van der Waals surface area contributed by atoms with Crippen molar-refractivity contribution in [2.75, 3.05) is 0 Å². The number of hydrogen-bond donors (Lipinski definition) is 2. The molecule has 0 aromatic heterocycles. The molecule has 0 heterocycles. The number of amides is 1. The second-order valence-electron chi connectivity index (χ2n) is 4.51. The number of aryl methyl sites for hydroxylation is 1. The first-order valence-corrected chi connectivity index (χ1v) is 5.85. The predicted octanol–water partition coefficient (Wildman–Crippen LogP) is 1.75. The van der Waals surface area contributed by atoms with Gasteiger partial charge in [-0.3, -0.25) is 9.59 Å². The third-order valence-corrected chi connectivity index (χ3v) is 3.03. The molecular weight excluding hydrogens is 230 g/mol. The molecule has 94 valence electrons. The van der Waals surface area contributed by atoms with Crippen LogP contribution in [0.5, 0.6) is 0 Å². The zero-order valence-electron chi connectivity index (χ0n) is 10.1. The maximum atomic E-state index is 11.9. The number of carboxylic acids is 1. The van der Waals surface area contributed by atoms with Gasteiger partial charge < -0.3 is 10.4 Å². The minimum atomic E-state index is -0.849. The molecule has 0 saturated carbocycles. The fourth-order valence-corrected chi connectivity index (χ4v) is 1.95. The molecule has 1 amide bonds. The van der Waals surface area contributed by atoms with E-state index < -0.39 is 11.9 Å². The first-order valence-electron chi connectivity index (χ1n) is 5.85. The lowest BCUT2D eigenvalue weighted by Gasteiger charge is -2.12. The third kappa shape index (κ3) is 2.77. The summed E-state index contributed by atoms with van der Waals surface area (Å²) in [6.07, 6.45) is 3.79. The zero-order chi connectivity index (χ0) is 13.1. The number of hydrogen-bond acceptors (Lipinski definition) is 2.